The number of rotatable bonds is 10. The maximum Gasteiger partial charge on any atom is 0.233 e. The van der Waals surface area contributed by atoms with Gasteiger partial charge in [-0.05, 0) is 55.8 Å². The van der Waals surface area contributed by atoms with Gasteiger partial charge in [-0.1, -0.05) is 35.5 Å². The lowest BCUT2D eigenvalue weighted by Gasteiger charge is -2.14. The molecule has 3 rings (SSSR count). The van der Waals surface area contributed by atoms with Gasteiger partial charge < -0.3 is 14.8 Å². The highest BCUT2D eigenvalue weighted by molar-refractivity contribution is 8.00. The lowest BCUT2D eigenvalue weighted by molar-refractivity contribution is -0.120. The summed E-state index contributed by atoms with van der Waals surface area (Å²) < 4.78 is 13.0. The second-order valence-corrected chi connectivity index (χ2v) is 8.64. The lowest BCUT2D eigenvalue weighted by atomic mass is 10.2. The van der Waals surface area contributed by atoms with Gasteiger partial charge in [0.25, 0.3) is 0 Å². The Balaban J connectivity index is 1.87. The Morgan fingerprint density at radius 1 is 1.25 bits per heavy atom. The summed E-state index contributed by atoms with van der Waals surface area (Å²) >= 11 is 7.68. The molecule has 168 valence electrons. The summed E-state index contributed by atoms with van der Waals surface area (Å²) in [6.07, 6.45) is 1.64. The molecule has 7 nitrogen and oxygen atoms in total. The molecule has 1 aromatic heterocycles. The van der Waals surface area contributed by atoms with E-state index in [1.807, 2.05) is 60.9 Å². The van der Waals surface area contributed by atoms with E-state index in [0.717, 1.165) is 17.0 Å². The minimum absolute atomic E-state index is 0.109. The molecule has 0 aliphatic heterocycles. The average molecular weight is 473 g/mol. The topological polar surface area (TPSA) is 78.3 Å². The van der Waals surface area contributed by atoms with Crippen LogP contribution in [0.2, 0.25) is 5.02 Å². The Hall–Kier alpha value is -2.97. The van der Waals surface area contributed by atoms with E-state index in [9.17, 15) is 4.79 Å². The monoisotopic (exact) mass is 472 g/mol. The molecule has 1 atom stereocenters. The van der Waals surface area contributed by atoms with E-state index in [1.165, 1.54) is 11.8 Å². The van der Waals surface area contributed by atoms with Gasteiger partial charge in [0.1, 0.15) is 18.1 Å². The first-order valence-electron chi connectivity index (χ1n) is 9.96. The molecule has 0 spiro atoms. The summed E-state index contributed by atoms with van der Waals surface area (Å²) in [5.74, 6) is 1.90. The number of hydrogen-bond donors (Lipinski definition) is 1. The molecule has 0 radical (unpaired) electrons. The molecular formula is C23H25ClN4O3S. The fourth-order valence-corrected chi connectivity index (χ4v) is 3.88. The number of halogens is 1. The molecule has 1 amide bonds. The molecule has 0 aliphatic carbocycles. The molecule has 0 saturated carbocycles. The number of carbonyl (C=O) groups excluding carboxylic acids is 1. The molecule has 1 unspecified atom stereocenters. The van der Waals surface area contributed by atoms with Crippen LogP contribution in [0, 0.1) is 6.92 Å². The Morgan fingerprint density at radius 3 is 2.62 bits per heavy atom. The predicted molar refractivity (Wildman–Crippen MR) is 127 cm³/mol. The fourth-order valence-electron chi connectivity index (χ4n) is 2.80. The van der Waals surface area contributed by atoms with E-state index >= 15 is 0 Å². The number of thioether (sulfide) groups is 1. The van der Waals surface area contributed by atoms with E-state index in [-0.39, 0.29) is 17.8 Å². The standard InChI is InChI=1S/C23H25ClN4O3S/c1-5-12-25-22(29)16(3)32-23-27-26-21(14-31-19-10-8-18(30-4)9-11-19)28(23)17-7-6-15(2)20(24)13-17/h5-11,13,16H,1,12,14H2,2-4H3,(H,25,29). The van der Waals surface area contributed by atoms with Crippen LogP contribution in [0.25, 0.3) is 5.69 Å². The quantitative estimate of drug-likeness (QED) is 0.343. The minimum Gasteiger partial charge on any atom is -0.497 e. The minimum atomic E-state index is -0.380. The van der Waals surface area contributed by atoms with Crippen molar-refractivity contribution in [2.45, 2.75) is 30.9 Å². The molecule has 0 saturated heterocycles. The van der Waals surface area contributed by atoms with Crippen LogP contribution in [0.5, 0.6) is 11.5 Å². The van der Waals surface area contributed by atoms with Crippen molar-refractivity contribution in [2.24, 2.45) is 0 Å². The molecule has 1 N–H and O–H groups in total. The maximum absolute atomic E-state index is 12.3. The predicted octanol–water partition coefficient (Wildman–Crippen LogP) is 4.60. The normalized spacial score (nSPS) is 11.6. The first-order chi connectivity index (χ1) is 15.4. The fraction of sp³-hybridized carbons (Fsp3) is 0.261. The zero-order chi connectivity index (χ0) is 23.1. The van der Waals surface area contributed by atoms with Crippen molar-refractivity contribution in [3.05, 3.63) is 71.5 Å². The third-order valence-corrected chi connectivity index (χ3v) is 6.06. The Bertz CT molecular complexity index is 1090. The largest absolute Gasteiger partial charge is 0.497 e. The highest BCUT2D eigenvalue weighted by Crippen LogP contribution is 2.29. The number of hydrogen-bond acceptors (Lipinski definition) is 6. The first kappa shape index (κ1) is 23.7. The van der Waals surface area contributed by atoms with Crippen molar-refractivity contribution >= 4 is 29.3 Å². The summed E-state index contributed by atoms with van der Waals surface area (Å²) in [7, 11) is 1.61. The highest BCUT2D eigenvalue weighted by atomic mass is 35.5. The van der Waals surface area contributed by atoms with Crippen molar-refractivity contribution in [3.8, 4) is 17.2 Å². The van der Waals surface area contributed by atoms with Crippen LogP contribution >= 0.6 is 23.4 Å². The van der Waals surface area contributed by atoms with E-state index in [4.69, 9.17) is 21.1 Å². The molecule has 32 heavy (non-hydrogen) atoms. The number of carbonyl (C=O) groups is 1. The van der Waals surface area contributed by atoms with Gasteiger partial charge in [-0.3, -0.25) is 9.36 Å². The van der Waals surface area contributed by atoms with Crippen LogP contribution < -0.4 is 14.8 Å². The van der Waals surface area contributed by atoms with E-state index in [1.54, 1.807) is 13.2 Å². The third kappa shape index (κ3) is 5.83. The number of methoxy groups -OCH3 is 1. The summed E-state index contributed by atoms with van der Waals surface area (Å²) in [4.78, 5) is 12.3. The first-order valence-corrected chi connectivity index (χ1v) is 11.2. The molecule has 1 heterocycles. The Kier molecular flexibility index (Phi) is 8.19. The van der Waals surface area contributed by atoms with Crippen molar-refractivity contribution in [2.75, 3.05) is 13.7 Å². The SMILES string of the molecule is C=CCNC(=O)C(C)Sc1nnc(COc2ccc(OC)cc2)n1-c1ccc(C)c(Cl)c1. The van der Waals surface area contributed by atoms with Gasteiger partial charge in [0.2, 0.25) is 5.91 Å². The van der Waals surface area contributed by atoms with Crippen LogP contribution in [0.15, 0.2) is 60.3 Å². The van der Waals surface area contributed by atoms with Gasteiger partial charge >= 0.3 is 0 Å². The lowest BCUT2D eigenvalue weighted by Crippen LogP contribution is -2.31. The third-order valence-electron chi connectivity index (χ3n) is 4.61. The summed E-state index contributed by atoms with van der Waals surface area (Å²) in [6, 6.07) is 13.0. The molecule has 0 fully saturated rings. The zero-order valence-corrected chi connectivity index (χ0v) is 19.7. The van der Waals surface area contributed by atoms with Crippen LogP contribution in [-0.4, -0.2) is 39.6 Å². The zero-order valence-electron chi connectivity index (χ0n) is 18.2. The summed E-state index contributed by atoms with van der Waals surface area (Å²) in [6.45, 7) is 7.97. The number of nitrogens with zero attached hydrogens (tertiary/aromatic N) is 3. The molecular weight excluding hydrogens is 448 g/mol. The smallest absolute Gasteiger partial charge is 0.233 e. The molecule has 2 aromatic carbocycles. The highest BCUT2D eigenvalue weighted by Gasteiger charge is 2.21. The summed E-state index contributed by atoms with van der Waals surface area (Å²) in [5, 5.41) is 12.3. The van der Waals surface area contributed by atoms with E-state index < -0.39 is 0 Å². The number of benzene rings is 2. The molecule has 0 bridgehead atoms. The van der Waals surface area contributed by atoms with Crippen LogP contribution in [0.4, 0.5) is 0 Å². The molecule has 0 aliphatic rings. The second kappa shape index (κ2) is 11.1. The van der Waals surface area contributed by atoms with Gasteiger partial charge in [0.15, 0.2) is 11.0 Å². The number of amides is 1. The van der Waals surface area contributed by atoms with Gasteiger partial charge in [-0.2, -0.15) is 0 Å². The molecule has 9 heteroatoms. The second-order valence-electron chi connectivity index (χ2n) is 6.93. The average Bonchev–Trinajstić information content (AvgIpc) is 3.20. The van der Waals surface area contributed by atoms with Crippen molar-refractivity contribution in [1.29, 1.82) is 0 Å². The molecule has 3 aromatic rings. The van der Waals surface area contributed by atoms with Gasteiger partial charge in [0, 0.05) is 11.6 Å². The van der Waals surface area contributed by atoms with Gasteiger partial charge in [-0.25, -0.2) is 0 Å². The number of aromatic nitrogens is 3. The number of aryl methyl sites for hydroxylation is 1. The van der Waals surface area contributed by atoms with Crippen LogP contribution in [-0.2, 0) is 11.4 Å². The Morgan fingerprint density at radius 2 is 1.97 bits per heavy atom. The Labute approximate surface area is 196 Å². The van der Waals surface area contributed by atoms with Gasteiger partial charge in [0.05, 0.1) is 18.0 Å². The van der Waals surface area contributed by atoms with E-state index in [2.05, 4.69) is 22.1 Å². The van der Waals surface area contributed by atoms with Crippen LogP contribution in [0.3, 0.4) is 0 Å². The van der Waals surface area contributed by atoms with Crippen LogP contribution in [0.1, 0.15) is 18.3 Å². The number of ether oxygens (including phenoxy) is 2. The van der Waals surface area contributed by atoms with Crippen molar-refractivity contribution in [3.63, 3.8) is 0 Å². The maximum atomic E-state index is 12.3. The van der Waals surface area contributed by atoms with Crippen molar-refractivity contribution < 1.29 is 14.3 Å². The van der Waals surface area contributed by atoms with E-state index in [0.29, 0.717) is 28.3 Å². The van der Waals surface area contributed by atoms with Gasteiger partial charge in [-0.15, -0.1) is 16.8 Å². The van der Waals surface area contributed by atoms with Crippen molar-refractivity contribution in [1.82, 2.24) is 20.1 Å². The number of nitrogens with one attached hydrogen (secondary N) is 1. The summed E-state index contributed by atoms with van der Waals surface area (Å²) in [5.41, 5.74) is 1.76.